The molecule has 1 aliphatic carbocycles. The van der Waals surface area contributed by atoms with E-state index in [1.807, 2.05) is 6.07 Å². The number of hydrogen-bond acceptors (Lipinski definition) is 2. The lowest BCUT2D eigenvalue weighted by Crippen LogP contribution is -2.22. The minimum absolute atomic E-state index is 0.237. The van der Waals surface area contributed by atoms with E-state index in [-0.39, 0.29) is 5.82 Å². The van der Waals surface area contributed by atoms with Crippen molar-refractivity contribution in [1.82, 2.24) is 0 Å². The van der Waals surface area contributed by atoms with E-state index in [2.05, 4.69) is 41.4 Å². The summed E-state index contributed by atoms with van der Waals surface area (Å²) in [6, 6.07) is 16.7. The summed E-state index contributed by atoms with van der Waals surface area (Å²) in [5, 5.41) is 8.92. The minimum atomic E-state index is -0.237. The molecule has 136 valence electrons. The number of benzene rings is 2. The maximum absolute atomic E-state index is 13.0. The summed E-state index contributed by atoms with van der Waals surface area (Å²) in [5.74, 6) is 1.10. The summed E-state index contributed by atoms with van der Waals surface area (Å²) in [4.78, 5) is 0. The molecule has 0 radical (unpaired) electrons. The Morgan fingerprint density at radius 1 is 1.00 bits per heavy atom. The van der Waals surface area contributed by atoms with E-state index in [1.165, 1.54) is 50.7 Å². The molecule has 0 heterocycles. The van der Waals surface area contributed by atoms with Gasteiger partial charge in [-0.15, -0.1) is 0 Å². The van der Waals surface area contributed by atoms with Crippen molar-refractivity contribution in [1.29, 1.82) is 0 Å². The molecule has 0 spiro atoms. The first-order valence-electron chi connectivity index (χ1n) is 9.68. The van der Waals surface area contributed by atoms with Crippen molar-refractivity contribution < 1.29 is 4.39 Å². The van der Waals surface area contributed by atoms with Crippen molar-refractivity contribution in [2.75, 3.05) is 0 Å². The molecule has 0 aromatic heterocycles. The monoisotopic (exact) mass is 350 g/mol. The molecule has 0 amide bonds. The van der Waals surface area contributed by atoms with Gasteiger partial charge >= 0.3 is 0 Å². The van der Waals surface area contributed by atoms with Gasteiger partial charge in [-0.05, 0) is 54.9 Å². The summed E-state index contributed by atoms with van der Waals surface area (Å²) >= 11 is 0. The Balaban J connectivity index is 1.77. The highest BCUT2D eigenvalue weighted by atomic mass is 19.1. The van der Waals surface area contributed by atoms with Gasteiger partial charge in [0.1, 0.15) is 5.82 Å². The summed E-state index contributed by atoms with van der Waals surface area (Å²) in [5.41, 5.74) is 3.09. The largest absolute Gasteiger partial charge is 0.207 e. The Labute approximate surface area is 155 Å². The van der Waals surface area contributed by atoms with Gasteiger partial charge in [0.25, 0.3) is 0 Å². The van der Waals surface area contributed by atoms with Crippen LogP contribution in [0.2, 0.25) is 0 Å². The van der Waals surface area contributed by atoms with E-state index in [4.69, 9.17) is 0 Å². The highest BCUT2D eigenvalue weighted by Gasteiger charge is 2.25. The van der Waals surface area contributed by atoms with Crippen LogP contribution in [0.25, 0.3) is 0 Å². The molecule has 0 N–H and O–H groups in total. The van der Waals surface area contributed by atoms with Crippen LogP contribution in [0, 0.1) is 17.7 Å². The molecular formula is C23H27FN2. The molecule has 1 saturated carbocycles. The van der Waals surface area contributed by atoms with Crippen LogP contribution in [0.3, 0.4) is 0 Å². The van der Waals surface area contributed by atoms with E-state index >= 15 is 0 Å². The SMILES string of the molecule is CCCC1CCC(C(=NN=Cc2ccc(F)cc2)c2ccccc2)CC1. The van der Waals surface area contributed by atoms with E-state index in [0.29, 0.717) is 5.92 Å². The first-order valence-corrected chi connectivity index (χ1v) is 9.68. The fourth-order valence-electron chi connectivity index (χ4n) is 3.82. The third-order valence-corrected chi connectivity index (χ3v) is 5.24. The zero-order chi connectivity index (χ0) is 18.2. The number of nitrogens with zero attached hydrogens (tertiary/aromatic N) is 2. The predicted molar refractivity (Wildman–Crippen MR) is 107 cm³/mol. The molecule has 2 aromatic rings. The molecule has 0 saturated heterocycles. The molecule has 0 unspecified atom stereocenters. The Morgan fingerprint density at radius 2 is 1.69 bits per heavy atom. The Kier molecular flexibility index (Phi) is 6.70. The van der Waals surface area contributed by atoms with Gasteiger partial charge in [-0.2, -0.15) is 10.2 Å². The Hall–Kier alpha value is -2.29. The van der Waals surface area contributed by atoms with Gasteiger partial charge < -0.3 is 0 Å². The molecule has 1 fully saturated rings. The van der Waals surface area contributed by atoms with Gasteiger partial charge in [0, 0.05) is 5.92 Å². The smallest absolute Gasteiger partial charge is 0.123 e. The van der Waals surface area contributed by atoms with E-state index in [1.54, 1.807) is 18.3 Å². The highest BCUT2D eigenvalue weighted by molar-refractivity contribution is 6.02. The maximum Gasteiger partial charge on any atom is 0.123 e. The summed E-state index contributed by atoms with van der Waals surface area (Å²) in [7, 11) is 0. The van der Waals surface area contributed by atoms with Crippen LogP contribution in [-0.2, 0) is 0 Å². The van der Waals surface area contributed by atoms with Crippen molar-refractivity contribution in [3.05, 3.63) is 71.5 Å². The van der Waals surface area contributed by atoms with Crippen molar-refractivity contribution in [3.63, 3.8) is 0 Å². The van der Waals surface area contributed by atoms with Gasteiger partial charge in [0.2, 0.25) is 0 Å². The number of hydrogen-bond donors (Lipinski definition) is 0. The van der Waals surface area contributed by atoms with E-state index < -0.39 is 0 Å². The molecule has 26 heavy (non-hydrogen) atoms. The third-order valence-electron chi connectivity index (χ3n) is 5.24. The molecule has 2 nitrogen and oxygen atoms in total. The Morgan fingerprint density at radius 3 is 2.35 bits per heavy atom. The summed E-state index contributed by atoms with van der Waals surface area (Å²) in [6.07, 6.45) is 9.25. The van der Waals surface area contributed by atoms with E-state index in [0.717, 1.165) is 22.8 Å². The average molecular weight is 350 g/mol. The van der Waals surface area contributed by atoms with Crippen LogP contribution in [-0.4, -0.2) is 11.9 Å². The normalized spacial score (nSPS) is 21.2. The van der Waals surface area contributed by atoms with Crippen LogP contribution >= 0.6 is 0 Å². The third kappa shape index (κ3) is 5.10. The lowest BCUT2D eigenvalue weighted by molar-refractivity contribution is 0.304. The Bertz CT molecular complexity index is 727. The fourth-order valence-corrected chi connectivity index (χ4v) is 3.82. The van der Waals surface area contributed by atoms with Crippen LogP contribution in [0.15, 0.2) is 64.8 Å². The van der Waals surface area contributed by atoms with Crippen LogP contribution in [0.1, 0.15) is 56.6 Å². The quantitative estimate of drug-likeness (QED) is 0.434. The van der Waals surface area contributed by atoms with Gasteiger partial charge in [0.15, 0.2) is 0 Å². The van der Waals surface area contributed by atoms with Gasteiger partial charge in [0.05, 0.1) is 11.9 Å². The molecule has 0 atom stereocenters. The average Bonchev–Trinajstić information content (AvgIpc) is 2.68. The minimum Gasteiger partial charge on any atom is -0.207 e. The van der Waals surface area contributed by atoms with E-state index in [9.17, 15) is 4.39 Å². The molecule has 3 rings (SSSR count). The van der Waals surface area contributed by atoms with Crippen LogP contribution in [0.5, 0.6) is 0 Å². The maximum atomic E-state index is 13.0. The topological polar surface area (TPSA) is 24.7 Å². The summed E-state index contributed by atoms with van der Waals surface area (Å²) < 4.78 is 13.0. The lowest BCUT2D eigenvalue weighted by Gasteiger charge is -2.29. The molecular weight excluding hydrogens is 323 g/mol. The standard InChI is InChI=1S/C23H27FN2/c1-2-6-18-9-13-21(14-10-18)23(20-7-4-3-5-8-20)26-25-17-19-11-15-22(24)16-12-19/h3-5,7-8,11-12,15-18,21H,2,6,9-10,13-14H2,1H3. The second-order valence-electron chi connectivity index (χ2n) is 7.15. The van der Waals surface area contributed by atoms with Gasteiger partial charge in [-0.25, -0.2) is 4.39 Å². The molecule has 2 aromatic carbocycles. The highest BCUT2D eigenvalue weighted by Crippen LogP contribution is 2.33. The zero-order valence-corrected chi connectivity index (χ0v) is 15.4. The van der Waals surface area contributed by atoms with Crippen molar-refractivity contribution in [2.24, 2.45) is 22.0 Å². The van der Waals surface area contributed by atoms with Gasteiger partial charge in [-0.3, -0.25) is 0 Å². The fraction of sp³-hybridized carbons (Fsp3) is 0.391. The van der Waals surface area contributed by atoms with Crippen LogP contribution < -0.4 is 0 Å². The summed E-state index contributed by atoms with van der Waals surface area (Å²) in [6.45, 7) is 2.27. The first-order chi connectivity index (χ1) is 12.8. The molecule has 0 bridgehead atoms. The van der Waals surface area contributed by atoms with Crippen molar-refractivity contribution >= 4 is 11.9 Å². The lowest BCUT2D eigenvalue weighted by atomic mass is 9.77. The van der Waals surface area contributed by atoms with Gasteiger partial charge in [-0.1, -0.05) is 62.2 Å². The van der Waals surface area contributed by atoms with Crippen LogP contribution in [0.4, 0.5) is 4.39 Å². The van der Waals surface area contributed by atoms with Crippen molar-refractivity contribution in [2.45, 2.75) is 45.4 Å². The molecule has 0 aliphatic heterocycles. The number of rotatable bonds is 6. The van der Waals surface area contributed by atoms with Crippen molar-refractivity contribution in [3.8, 4) is 0 Å². The number of halogens is 1. The second-order valence-corrected chi connectivity index (χ2v) is 7.15. The molecule has 3 heteroatoms. The predicted octanol–water partition coefficient (Wildman–Crippen LogP) is 6.26. The first kappa shape index (κ1) is 18.5. The second kappa shape index (κ2) is 9.42. The zero-order valence-electron chi connectivity index (χ0n) is 15.4. The molecule has 1 aliphatic rings.